The summed E-state index contributed by atoms with van der Waals surface area (Å²) < 4.78 is 17.1. The highest BCUT2D eigenvalue weighted by Gasteiger charge is 2.70. The Morgan fingerprint density at radius 2 is 2.09 bits per heavy atom. The molecule has 3 heterocycles. The standard InChI is InChI=1S/C25H29ClO6/c1-6-13(2)9-14(3)7-8-16-10-17-18(12-30-16)19-20-23(28)31-15(4)11-25(20,29)32-24(19,5)22(27)21(17)26/h7-10,12-13,15,19-20,29H,6,11H2,1-5H3/b8-7+,14-9-/t13-,15+,19+,20+,24-,25-/m0/s1. The van der Waals surface area contributed by atoms with Crippen LogP contribution in [-0.4, -0.2) is 34.4 Å². The summed E-state index contributed by atoms with van der Waals surface area (Å²) in [6.07, 6.45) is 9.73. The van der Waals surface area contributed by atoms with Crippen LogP contribution in [0.15, 0.2) is 58.1 Å². The minimum Gasteiger partial charge on any atom is -0.465 e. The molecular weight excluding hydrogens is 432 g/mol. The summed E-state index contributed by atoms with van der Waals surface area (Å²) in [5, 5.41) is 11.2. The Bertz CT molecular complexity index is 1020. The minimum atomic E-state index is -1.81. The monoisotopic (exact) mass is 460 g/mol. The lowest BCUT2D eigenvalue weighted by atomic mass is 9.66. The number of cyclic esters (lactones) is 1. The van der Waals surface area contributed by atoms with E-state index in [1.807, 2.05) is 19.1 Å². The van der Waals surface area contributed by atoms with Crippen molar-refractivity contribution in [3.63, 3.8) is 0 Å². The van der Waals surface area contributed by atoms with Crippen molar-refractivity contribution in [3.05, 3.63) is 58.1 Å². The van der Waals surface area contributed by atoms with E-state index >= 15 is 0 Å². The van der Waals surface area contributed by atoms with Gasteiger partial charge in [-0.1, -0.05) is 49.6 Å². The summed E-state index contributed by atoms with van der Waals surface area (Å²) in [6.45, 7) is 9.55. The first-order valence-corrected chi connectivity index (χ1v) is 11.4. The van der Waals surface area contributed by atoms with Crippen molar-refractivity contribution >= 4 is 23.4 Å². The maximum Gasteiger partial charge on any atom is 0.315 e. The van der Waals surface area contributed by atoms with Crippen LogP contribution in [-0.2, 0) is 23.8 Å². The second-order valence-electron chi connectivity index (χ2n) is 9.38. The van der Waals surface area contributed by atoms with E-state index in [9.17, 15) is 14.7 Å². The quantitative estimate of drug-likeness (QED) is 0.493. The molecule has 6 atom stereocenters. The third-order valence-corrected chi connectivity index (χ3v) is 7.17. The largest absolute Gasteiger partial charge is 0.465 e. The zero-order valence-electron chi connectivity index (χ0n) is 19.0. The average Bonchev–Trinajstić information content (AvgIpc) is 2.98. The molecule has 1 aliphatic carbocycles. The molecule has 4 aliphatic rings. The third-order valence-electron chi connectivity index (χ3n) is 6.80. The first-order chi connectivity index (χ1) is 15.0. The fourth-order valence-corrected chi connectivity index (χ4v) is 5.45. The second-order valence-corrected chi connectivity index (χ2v) is 9.76. The molecule has 2 fully saturated rings. The van der Waals surface area contributed by atoms with Gasteiger partial charge in [-0.25, -0.2) is 0 Å². The van der Waals surface area contributed by atoms with Crippen LogP contribution in [0.5, 0.6) is 0 Å². The van der Waals surface area contributed by atoms with E-state index in [2.05, 4.69) is 19.9 Å². The molecule has 0 amide bonds. The number of ketones is 1. The predicted molar refractivity (Wildman–Crippen MR) is 119 cm³/mol. The van der Waals surface area contributed by atoms with E-state index in [0.29, 0.717) is 22.8 Å². The number of esters is 1. The lowest BCUT2D eigenvalue weighted by molar-refractivity contribution is -0.260. The highest BCUT2D eigenvalue weighted by molar-refractivity contribution is 6.45. The Labute approximate surface area is 193 Å². The van der Waals surface area contributed by atoms with Crippen LogP contribution in [0.1, 0.15) is 47.5 Å². The fraction of sp³-hybridized carbons (Fsp3) is 0.520. The van der Waals surface area contributed by atoms with E-state index in [0.717, 1.165) is 12.0 Å². The van der Waals surface area contributed by atoms with E-state index < -0.39 is 41.1 Å². The zero-order chi connectivity index (χ0) is 23.4. The lowest BCUT2D eigenvalue weighted by Gasteiger charge is -2.38. The highest BCUT2D eigenvalue weighted by atomic mass is 35.5. The molecule has 3 aliphatic heterocycles. The fourth-order valence-electron chi connectivity index (χ4n) is 5.10. The van der Waals surface area contributed by atoms with Gasteiger partial charge in [0.2, 0.25) is 5.78 Å². The maximum atomic E-state index is 13.3. The number of fused-ring (bicyclic) bond motifs is 5. The number of ether oxygens (including phenoxy) is 3. The minimum absolute atomic E-state index is 0.000248. The van der Waals surface area contributed by atoms with Gasteiger partial charge in [0.05, 0.1) is 11.3 Å². The van der Waals surface area contributed by atoms with Crippen molar-refractivity contribution in [3.8, 4) is 0 Å². The predicted octanol–water partition coefficient (Wildman–Crippen LogP) is 4.45. The molecule has 0 unspecified atom stereocenters. The molecule has 32 heavy (non-hydrogen) atoms. The number of hydrogen-bond donors (Lipinski definition) is 1. The summed E-state index contributed by atoms with van der Waals surface area (Å²) in [4.78, 5) is 26.1. The molecule has 4 rings (SSSR count). The molecular formula is C25H29ClO6. The molecule has 0 spiro atoms. The van der Waals surface area contributed by atoms with Crippen molar-refractivity contribution in [1.82, 2.24) is 0 Å². The summed E-state index contributed by atoms with van der Waals surface area (Å²) in [5.41, 5.74) is 0.635. The summed E-state index contributed by atoms with van der Waals surface area (Å²) in [7, 11) is 0. The van der Waals surface area contributed by atoms with Crippen LogP contribution in [0.3, 0.4) is 0 Å². The number of aliphatic hydroxyl groups is 1. The van der Waals surface area contributed by atoms with Crippen molar-refractivity contribution in [2.45, 2.75) is 65.0 Å². The van der Waals surface area contributed by atoms with Crippen LogP contribution in [0.25, 0.3) is 0 Å². The van der Waals surface area contributed by atoms with Crippen molar-refractivity contribution in [1.29, 1.82) is 0 Å². The molecule has 0 aromatic rings. The Balaban J connectivity index is 1.70. The Morgan fingerprint density at radius 1 is 1.38 bits per heavy atom. The Kier molecular flexibility index (Phi) is 5.76. The average molecular weight is 461 g/mol. The molecule has 1 N–H and O–H groups in total. The third kappa shape index (κ3) is 3.58. The number of allylic oxidation sites excluding steroid dienone is 6. The van der Waals surface area contributed by atoms with Gasteiger partial charge in [-0.15, -0.1) is 0 Å². The van der Waals surface area contributed by atoms with Gasteiger partial charge in [-0.05, 0) is 38.8 Å². The van der Waals surface area contributed by atoms with Crippen molar-refractivity contribution in [2.24, 2.45) is 17.8 Å². The molecule has 0 aromatic carbocycles. The van der Waals surface area contributed by atoms with E-state index in [1.165, 1.54) is 6.26 Å². The molecule has 0 saturated carbocycles. The lowest BCUT2D eigenvalue weighted by Crippen LogP contribution is -2.50. The maximum absolute atomic E-state index is 13.3. The normalized spacial score (nSPS) is 37.8. The number of hydrogen-bond acceptors (Lipinski definition) is 6. The van der Waals surface area contributed by atoms with Crippen LogP contribution < -0.4 is 0 Å². The smallest absolute Gasteiger partial charge is 0.315 e. The molecule has 0 aromatic heterocycles. The van der Waals surface area contributed by atoms with Gasteiger partial charge in [0, 0.05) is 23.5 Å². The molecule has 172 valence electrons. The van der Waals surface area contributed by atoms with Gasteiger partial charge < -0.3 is 19.3 Å². The summed E-state index contributed by atoms with van der Waals surface area (Å²) >= 11 is 6.50. The summed E-state index contributed by atoms with van der Waals surface area (Å²) in [5.74, 6) is -3.69. The number of Topliss-reactive ketones (excluding diaryl/α,β-unsaturated/α-hetero) is 1. The van der Waals surface area contributed by atoms with Gasteiger partial charge in [0.15, 0.2) is 5.79 Å². The number of halogens is 1. The van der Waals surface area contributed by atoms with Crippen LogP contribution in [0, 0.1) is 17.8 Å². The summed E-state index contributed by atoms with van der Waals surface area (Å²) in [6, 6.07) is 0. The topological polar surface area (TPSA) is 82.1 Å². The van der Waals surface area contributed by atoms with E-state index in [-0.39, 0.29) is 11.5 Å². The molecule has 7 heteroatoms. The zero-order valence-corrected chi connectivity index (χ0v) is 19.7. The van der Waals surface area contributed by atoms with Gasteiger partial charge in [0.1, 0.15) is 23.4 Å². The van der Waals surface area contributed by atoms with Crippen molar-refractivity contribution < 1.29 is 28.9 Å². The second kappa shape index (κ2) is 8.01. The van der Waals surface area contributed by atoms with E-state index in [4.69, 9.17) is 25.8 Å². The Hall–Kier alpha value is -2.15. The molecule has 2 saturated heterocycles. The molecule has 0 bridgehead atoms. The van der Waals surface area contributed by atoms with Crippen molar-refractivity contribution in [2.75, 3.05) is 0 Å². The number of rotatable bonds is 4. The van der Waals surface area contributed by atoms with Crippen LogP contribution in [0.2, 0.25) is 0 Å². The van der Waals surface area contributed by atoms with E-state index in [1.54, 1.807) is 19.9 Å². The SMILES string of the molecule is CC[C@H](C)/C=C(C)\C=C\C1=CC2=C(Cl)C(=O)[C@@]3(C)O[C@@]4(O)C[C@@H](C)OC(=O)[C@H]4[C@H]3C2=CO1. The van der Waals surface area contributed by atoms with Gasteiger partial charge >= 0.3 is 5.97 Å². The number of carbonyl (C=O) groups is 2. The van der Waals surface area contributed by atoms with Gasteiger partial charge in [-0.3, -0.25) is 9.59 Å². The van der Waals surface area contributed by atoms with Gasteiger partial charge in [0.25, 0.3) is 0 Å². The molecule has 0 radical (unpaired) electrons. The molecule has 6 nitrogen and oxygen atoms in total. The first kappa shape index (κ1) is 23.0. The van der Waals surface area contributed by atoms with Gasteiger partial charge in [-0.2, -0.15) is 0 Å². The first-order valence-electron chi connectivity index (χ1n) is 11.0. The van der Waals surface area contributed by atoms with Crippen LogP contribution in [0.4, 0.5) is 0 Å². The Morgan fingerprint density at radius 3 is 2.78 bits per heavy atom. The number of carbonyl (C=O) groups excluding carboxylic acids is 2. The highest BCUT2D eigenvalue weighted by Crippen LogP contribution is 2.58. The van der Waals surface area contributed by atoms with Crippen LogP contribution >= 0.6 is 11.6 Å².